The van der Waals surface area contributed by atoms with E-state index in [1.165, 1.54) is 5.56 Å². The van der Waals surface area contributed by atoms with E-state index in [9.17, 15) is 4.79 Å². The zero-order valence-electron chi connectivity index (χ0n) is 7.20. The van der Waals surface area contributed by atoms with Crippen LogP contribution in [-0.4, -0.2) is 11.1 Å². The van der Waals surface area contributed by atoms with Crippen molar-refractivity contribution < 1.29 is 14.3 Å². The van der Waals surface area contributed by atoms with Crippen LogP contribution in [0.25, 0.3) is 0 Å². The van der Waals surface area contributed by atoms with E-state index < -0.39 is 5.97 Å². The van der Waals surface area contributed by atoms with E-state index in [0.717, 1.165) is 11.8 Å². The molecule has 3 heteroatoms. The van der Waals surface area contributed by atoms with Crippen LogP contribution in [0.3, 0.4) is 0 Å². The van der Waals surface area contributed by atoms with Crippen LogP contribution < -0.4 is 0 Å². The molecule has 0 bridgehead atoms. The topological polar surface area (TPSA) is 50.4 Å². The summed E-state index contributed by atoms with van der Waals surface area (Å²) in [6, 6.07) is 1.95. The molecule has 0 unspecified atom stereocenters. The molecule has 12 heavy (non-hydrogen) atoms. The number of aliphatic carboxylic acids is 1. The van der Waals surface area contributed by atoms with Gasteiger partial charge in [0.15, 0.2) is 0 Å². The van der Waals surface area contributed by atoms with Gasteiger partial charge in [0.1, 0.15) is 5.76 Å². The van der Waals surface area contributed by atoms with E-state index in [1.54, 1.807) is 6.26 Å². The molecule has 0 aliphatic heterocycles. The van der Waals surface area contributed by atoms with Crippen LogP contribution in [0.2, 0.25) is 0 Å². The van der Waals surface area contributed by atoms with Crippen molar-refractivity contribution in [1.29, 1.82) is 0 Å². The standard InChI is InChI=1S/C6H8O.C3H4O2/c1-5-3-4-7-6(5)2;1-2-3(4)5/h3-4H,1-2H3;2H,1H2,(H,4,5). The van der Waals surface area contributed by atoms with Gasteiger partial charge in [-0.25, -0.2) is 4.79 Å². The second kappa shape index (κ2) is 5.18. The summed E-state index contributed by atoms with van der Waals surface area (Å²) in [7, 11) is 0. The molecule has 0 saturated heterocycles. The molecular weight excluding hydrogens is 156 g/mol. The van der Waals surface area contributed by atoms with Gasteiger partial charge in [0, 0.05) is 6.08 Å². The lowest BCUT2D eigenvalue weighted by molar-refractivity contribution is -0.131. The summed E-state index contributed by atoms with van der Waals surface area (Å²) in [5.41, 5.74) is 1.22. The van der Waals surface area contributed by atoms with E-state index in [2.05, 4.69) is 6.58 Å². The van der Waals surface area contributed by atoms with Gasteiger partial charge in [0.2, 0.25) is 0 Å². The second-order valence-electron chi connectivity index (χ2n) is 2.20. The SMILES string of the molecule is C=CC(=O)O.Cc1ccoc1C. The predicted molar refractivity (Wildman–Crippen MR) is 46.0 cm³/mol. The van der Waals surface area contributed by atoms with Crippen molar-refractivity contribution >= 4 is 5.97 Å². The molecule has 0 aliphatic carbocycles. The fourth-order valence-corrected chi connectivity index (χ4v) is 0.448. The van der Waals surface area contributed by atoms with E-state index in [0.29, 0.717) is 0 Å². The van der Waals surface area contributed by atoms with Gasteiger partial charge >= 0.3 is 5.97 Å². The fraction of sp³-hybridized carbons (Fsp3) is 0.222. The third kappa shape index (κ3) is 4.33. The van der Waals surface area contributed by atoms with Crippen molar-refractivity contribution in [2.24, 2.45) is 0 Å². The van der Waals surface area contributed by atoms with Crippen LogP contribution in [-0.2, 0) is 4.79 Å². The molecular formula is C9H12O3. The molecule has 0 radical (unpaired) electrons. The number of rotatable bonds is 1. The Labute approximate surface area is 71.3 Å². The Kier molecular flexibility index (Phi) is 4.53. The average Bonchev–Trinajstić information content (AvgIpc) is 2.37. The molecule has 0 fully saturated rings. The Balaban J connectivity index is 0.000000217. The van der Waals surface area contributed by atoms with E-state index in [-0.39, 0.29) is 0 Å². The van der Waals surface area contributed by atoms with Gasteiger partial charge in [0.25, 0.3) is 0 Å². The highest BCUT2D eigenvalue weighted by Crippen LogP contribution is 2.04. The number of furan rings is 1. The molecule has 66 valence electrons. The minimum Gasteiger partial charge on any atom is -0.478 e. The Hall–Kier alpha value is -1.51. The maximum atomic E-state index is 9.25. The van der Waals surface area contributed by atoms with Crippen molar-refractivity contribution in [3.8, 4) is 0 Å². The van der Waals surface area contributed by atoms with Crippen LogP contribution >= 0.6 is 0 Å². The number of hydrogen-bond acceptors (Lipinski definition) is 2. The molecule has 1 aromatic heterocycles. The zero-order chi connectivity index (χ0) is 9.56. The van der Waals surface area contributed by atoms with Crippen LogP contribution in [0, 0.1) is 13.8 Å². The maximum absolute atomic E-state index is 9.25. The molecule has 0 saturated carbocycles. The first kappa shape index (κ1) is 10.5. The molecule has 1 N–H and O–H groups in total. The van der Waals surface area contributed by atoms with Gasteiger partial charge in [-0.05, 0) is 25.5 Å². The van der Waals surface area contributed by atoms with Gasteiger partial charge in [-0.1, -0.05) is 6.58 Å². The van der Waals surface area contributed by atoms with E-state index >= 15 is 0 Å². The van der Waals surface area contributed by atoms with Gasteiger partial charge in [0.05, 0.1) is 6.26 Å². The van der Waals surface area contributed by atoms with Gasteiger partial charge in [-0.3, -0.25) is 0 Å². The summed E-state index contributed by atoms with van der Waals surface area (Å²) in [6.45, 7) is 6.94. The Morgan fingerprint density at radius 3 is 2.25 bits per heavy atom. The van der Waals surface area contributed by atoms with Crippen molar-refractivity contribution in [2.75, 3.05) is 0 Å². The minimum absolute atomic E-state index is 0.833. The van der Waals surface area contributed by atoms with E-state index in [1.807, 2.05) is 19.9 Å². The van der Waals surface area contributed by atoms with Gasteiger partial charge < -0.3 is 9.52 Å². The first-order valence-electron chi connectivity index (χ1n) is 3.44. The highest BCUT2D eigenvalue weighted by Gasteiger charge is 1.88. The van der Waals surface area contributed by atoms with Crippen molar-refractivity contribution in [2.45, 2.75) is 13.8 Å². The molecule has 1 heterocycles. The highest BCUT2D eigenvalue weighted by atomic mass is 16.4. The predicted octanol–water partition coefficient (Wildman–Crippen LogP) is 2.15. The molecule has 1 aromatic rings. The third-order valence-electron chi connectivity index (χ3n) is 1.29. The average molecular weight is 168 g/mol. The first-order chi connectivity index (χ1) is 5.57. The monoisotopic (exact) mass is 168 g/mol. The summed E-state index contributed by atoms with van der Waals surface area (Å²) in [5, 5.41) is 7.60. The van der Waals surface area contributed by atoms with Crippen molar-refractivity contribution in [1.82, 2.24) is 0 Å². The summed E-state index contributed by atoms with van der Waals surface area (Å²) in [4.78, 5) is 9.25. The van der Waals surface area contributed by atoms with Gasteiger partial charge in [-0.2, -0.15) is 0 Å². The Bertz CT molecular complexity index is 244. The lowest BCUT2D eigenvalue weighted by atomic mass is 10.3. The number of aryl methyl sites for hydroxylation is 2. The highest BCUT2D eigenvalue weighted by molar-refractivity contribution is 5.78. The lowest BCUT2D eigenvalue weighted by Crippen LogP contribution is -1.82. The number of hydrogen-bond donors (Lipinski definition) is 1. The molecule has 1 rings (SSSR count). The first-order valence-corrected chi connectivity index (χ1v) is 3.44. The van der Waals surface area contributed by atoms with Crippen LogP contribution in [0.5, 0.6) is 0 Å². The van der Waals surface area contributed by atoms with Crippen molar-refractivity contribution in [3.63, 3.8) is 0 Å². The molecule has 3 nitrogen and oxygen atoms in total. The number of carboxylic acids is 1. The molecule has 0 amide bonds. The van der Waals surface area contributed by atoms with Gasteiger partial charge in [-0.15, -0.1) is 0 Å². The smallest absolute Gasteiger partial charge is 0.327 e. The molecule has 0 atom stereocenters. The Morgan fingerprint density at radius 1 is 1.67 bits per heavy atom. The third-order valence-corrected chi connectivity index (χ3v) is 1.29. The quantitative estimate of drug-likeness (QED) is 0.653. The summed E-state index contributed by atoms with van der Waals surface area (Å²) < 4.78 is 4.96. The lowest BCUT2D eigenvalue weighted by Gasteiger charge is -1.79. The number of carbonyl (C=O) groups is 1. The van der Waals surface area contributed by atoms with Crippen LogP contribution in [0.1, 0.15) is 11.3 Å². The molecule has 0 aromatic carbocycles. The van der Waals surface area contributed by atoms with E-state index in [4.69, 9.17) is 9.52 Å². The normalized spacial score (nSPS) is 8.17. The summed E-state index contributed by atoms with van der Waals surface area (Å²) in [5.74, 6) is 0.0324. The van der Waals surface area contributed by atoms with Crippen LogP contribution in [0.4, 0.5) is 0 Å². The zero-order valence-corrected chi connectivity index (χ0v) is 7.20. The van der Waals surface area contributed by atoms with Crippen molar-refractivity contribution in [3.05, 3.63) is 36.3 Å². The molecule has 0 aliphatic rings. The summed E-state index contributed by atoms with van der Waals surface area (Å²) in [6.07, 6.45) is 2.53. The summed E-state index contributed by atoms with van der Waals surface area (Å²) >= 11 is 0. The second-order valence-corrected chi connectivity index (χ2v) is 2.20. The molecule has 0 spiro atoms. The minimum atomic E-state index is -0.981. The Morgan fingerprint density at radius 2 is 2.17 bits per heavy atom. The largest absolute Gasteiger partial charge is 0.478 e. The number of carboxylic acid groups (broad SMARTS) is 1. The maximum Gasteiger partial charge on any atom is 0.327 e. The van der Waals surface area contributed by atoms with Crippen LogP contribution in [0.15, 0.2) is 29.4 Å². The fourth-order valence-electron chi connectivity index (χ4n) is 0.448.